The Morgan fingerprint density at radius 3 is 2.68 bits per heavy atom. The Labute approximate surface area is 120 Å². The molecule has 0 aliphatic heterocycles. The molecule has 0 aromatic heterocycles. The van der Waals surface area contributed by atoms with Gasteiger partial charge in [-0.15, -0.1) is 0 Å². The summed E-state index contributed by atoms with van der Waals surface area (Å²) in [6, 6.07) is 10.4. The Balaban J connectivity index is 2.24. The lowest BCUT2D eigenvalue weighted by molar-refractivity contribution is 0.441. The van der Waals surface area contributed by atoms with Crippen molar-refractivity contribution < 1.29 is 9.13 Å². The standard InChI is InChI=1S/C15H15BrFNO/c1-10-2-5-14(17)15(8-10)19-12-4-3-11(6-7-18)13(16)9-12/h2-5,8-9H,6-7,18H2,1H3. The van der Waals surface area contributed by atoms with Crippen LogP contribution in [-0.2, 0) is 6.42 Å². The fourth-order valence-electron chi connectivity index (χ4n) is 1.77. The molecule has 2 aromatic rings. The fraction of sp³-hybridized carbons (Fsp3) is 0.200. The molecule has 0 atom stereocenters. The predicted molar refractivity (Wildman–Crippen MR) is 78.1 cm³/mol. The third-order valence-corrected chi connectivity index (χ3v) is 3.49. The van der Waals surface area contributed by atoms with Gasteiger partial charge >= 0.3 is 0 Å². The number of nitrogens with two attached hydrogens (primary N) is 1. The highest BCUT2D eigenvalue weighted by Gasteiger charge is 2.07. The first-order valence-corrected chi connectivity index (χ1v) is 6.82. The van der Waals surface area contributed by atoms with Gasteiger partial charge in [0.15, 0.2) is 11.6 Å². The summed E-state index contributed by atoms with van der Waals surface area (Å²) in [6.07, 6.45) is 0.791. The monoisotopic (exact) mass is 323 g/mol. The van der Waals surface area contributed by atoms with E-state index in [0.29, 0.717) is 12.3 Å². The molecule has 19 heavy (non-hydrogen) atoms. The number of rotatable bonds is 4. The van der Waals surface area contributed by atoms with Crippen LogP contribution in [0.1, 0.15) is 11.1 Å². The summed E-state index contributed by atoms with van der Waals surface area (Å²) < 4.78 is 20.1. The molecule has 0 radical (unpaired) electrons. The highest BCUT2D eigenvalue weighted by Crippen LogP contribution is 2.29. The summed E-state index contributed by atoms with van der Waals surface area (Å²) in [5, 5.41) is 0. The van der Waals surface area contributed by atoms with E-state index in [-0.39, 0.29) is 11.6 Å². The van der Waals surface area contributed by atoms with Crippen LogP contribution in [0.5, 0.6) is 11.5 Å². The number of aryl methyl sites for hydroxylation is 1. The summed E-state index contributed by atoms with van der Waals surface area (Å²) in [5.41, 5.74) is 7.59. The third kappa shape index (κ3) is 3.55. The van der Waals surface area contributed by atoms with Crippen molar-refractivity contribution in [2.24, 2.45) is 5.73 Å². The van der Waals surface area contributed by atoms with Crippen molar-refractivity contribution >= 4 is 15.9 Å². The second kappa shape index (κ2) is 6.17. The van der Waals surface area contributed by atoms with Gasteiger partial charge in [-0.2, -0.15) is 0 Å². The number of hydrogen-bond donors (Lipinski definition) is 1. The van der Waals surface area contributed by atoms with Gasteiger partial charge < -0.3 is 10.5 Å². The van der Waals surface area contributed by atoms with Crippen LogP contribution in [0, 0.1) is 12.7 Å². The van der Waals surface area contributed by atoms with E-state index in [9.17, 15) is 4.39 Å². The average Bonchev–Trinajstić information content (AvgIpc) is 2.37. The first-order chi connectivity index (χ1) is 9.10. The van der Waals surface area contributed by atoms with Crippen molar-refractivity contribution in [2.45, 2.75) is 13.3 Å². The van der Waals surface area contributed by atoms with Gasteiger partial charge in [-0.05, 0) is 55.3 Å². The first-order valence-electron chi connectivity index (χ1n) is 6.02. The Morgan fingerprint density at radius 1 is 1.21 bits per heavy atom. The third-order valence-electron chi connectivity index (χ3n) is 2.75. The molecule has 0 heterocycles. The maximum absolute atomic E-state index is 13.6. The van der Waals surface area contributed by atoms with Crippen molar-refractivity contribution in [3.8, 4) is 11.5 Å². The Morgan fingerprint density at radius 2 is 2.00 bits per heavy atom. The van der Waals surface area contributed by atoms with Crippen molar-refractivity contribution in [3.63, 3.8) is 0 Å². The summed E-state index contributed by atoms with van der Waals surface area (Å²) in [5.74, 6) is 0.461. The molecule has 0 aliphatic carbocycles. The van der Waals surface area contributed by atoms with Gasteiger partial charge in [-0.1, -0.05) is 28.1 Å². The summed E-state index contributed by atoms with van der Waals surface area (Å²) >= 11 is 3.47. The molecule has 0 spiro atoms. The maximum Gasteiger partial charge on any atom is 0.165 e. The Hall–Kier alpha value is -1.39. The second-order valence-corrected chi connectivity index (χ2v) is 5.18. The molecule has 0 saturated heterocycles. The molecule has 100 valence electrons. The van der Waals surface area contributed by atoms with Crippen LogP contribution in [0.15, 0.2) is 40.9 Å². The van der Waals surface area contributed by atoms with Crippen LogP contribution in [0.4, 0.5) is 4.39 Å². The Kier molecular flexibility index (Phi) is 4.56. The van der Waals surface area contributed by atoms with E-state index < -0.39 is 0 Å². The summed E-state index contributed by atoms with van der Waals surface area (Å²) in [6.45, 7) is 2.48. The van der Waals surface area contributed by atoms with Crippen LogP contribution < -0.4 is 10.5 Å². The van der Waals surface area contributed by atoms with E-state index in [1.807, 2.05) is 25.1 Å². The summed E-state index contributed by atoms with van der Waals surface area (Å²) in [4.78, 5) is 0. The van der Waals surface area contributed by atoms with E-state index in [1.54, 1.807) is 12.1 Å². The molecule has 2 N–H and O–H groups in total. The molecule has 0 aliphatic rings. The normalized spacial score (nSPS) is 10.5. The number of halogens is 2. The van der Waals surface area contributed by atoms with Crippen LogP contribution >= 0.6 is 15.9 Å². The fourth-order valence-corrected chi connectivity index (χ4v) is 2.32. The van der Waals surface area contributed by atoms with Gasteiger partial charge in [-0.25, -0.2) is 4.39 Å². The minimum atomic E-state index is -0.368. The van der Waals surface area contributed by atoms with Gasteiger partial charge in [0, 0.05) is 4.47 Å². The molecular weight excluding hydrogens is 309 g/mol. The quantitative estimate of drug-likeness (QED) is 0.915. The van der Waals surface area contributed by atoms with Gasteiger partial charge in [0.25, 0.3) is 0 Å². The second-order valence-electron chi connectivity index (χ2n) is 4.33. The van der Waals surface area contributed by atoms with Crippen molar-refractivity contribution in [1.82, 2.24) is 0 Å². The van der Waals surface area contributed by atoms with Gasteiger partial charge in [0.05, 0.1) is 0 Å². The molecule has 2 rings (SSSR count). The molecule has 4 heteroatoms. The minimum Gasteiger partial charge on any atom is -0.454 e. The molecule has 2 nitrogen and oxygen atoms in total. The van der Waals surface area contributed by atoms with E-state index in [2.05, 4.69) is 15.9 Å². The van der Waals surface area contributed by atoms with Gasteiger partial charge in [0.2, 0.25) is 0 Å². The number of ether oxygens (including phenoxy) is 1. The molecule has 0 amide bonds. The lowest BCUT2D eigenvalue weighted by Crippen LogP contribution is -2.03. The van der Waals surface area contributed by atoms with Crippen molar-refractivity contribution in [2.75, 3.05) is 6.54 Å². The predicted octanol–water partition coefficient (Wildman–Crippen LogP) is 4.19. The van der Waals surface area contributed by atoms with Crippen molar-refractivity contribution in [3.05, 3.63) is 57.8 Å². The Bertz CT molecular complexity index is 586. The van der Waals surface area contributed by atoms with E-state index >= 15 is 0 Å². The lowest BCUT2D eigenvalue weighted by atomic mass is 10.1. The molecule has 0 bridgehead atoms. The molecule has 0 saturated carbocycles. The first kappa shape index (κ1) is 14.0. The molecule has 0 unspecified atom stereocenters. The highest BCUT2D eigenvalue weighted by molar-refractivity contribution is 9.10. The number of hydrogen-bond acceptors (Lipinski definition) is 2. The van der Waals surface area contributed by atoms with Crippen LogP contribution in [0.25, 0.3) is 0 Å². The average molecular weight is 324 g/mol. The van der Waals surface area contributed by atoms with Crippen LogP contribution in [0.2, 0.25) is 0 Å². The topological polar surface area (TPSA) is 35.2 Å². The largest absolute Gasteiger partial charge is 0.454 e. The molecular formula is C15H15BrFNO. The van der Waals surface area contributed by atoms with E-state index in [1.165, 1.54) is 6.07 Å². The van der Waals surface area contributed by atoms with Gasteiger partial charge in [0.1, 0.15) is 5.75 Å². The zero-order valence-electron chi connectivity index (χ0n) is 10.6. The summed E-state index contributed by atoms with van der Waals surface area (Å²) in [7, 11) is 0. The van der Waals surface area contributed by atoms with E-state index in [4.69, 9.17) is 10.5 Å². The van der Waals surface area contributed by atoms with Gasteiger partial charge in [-0.3, -0.25) is 0 Å². The highest BCUT2D eigenvalue weighted by atomic mass is 79.9. The van der Waals surface area contributed by atoms with Crippen molar-refractivity contribution in [1.29, 1.82) is 0 Å². The molecule has 0 fully saturated rings. The lowest BCUT2D eigenvalue weighted by Gasteiger charge is -2.10. The molecule has 2 aromatic carbocycles. The smallest absolute Gasteiger partial charge is 0.165 e. The van der Waals surface area contributed by atoms with E-state index in [0.717, 1.165) is 22.0 Å². The van der Waals surface area contributed by atoms with Crippen LogP contribution in [-0.4, -0.2) is 6.54 Å². The SMILES string of the molecule is Cc1ccc(F)c(Oc2ccc(CCN)c(Br)c2)c1. The zero-order chi connectivity index (χ0) is 13.8. The number of benzene rings is 2. The van der Waals surface area contributed by atoms with Crippen LogP contribution in [0.3, 0.4) is 0 Å². The maximum atomic E-state index is 13.6. The zero-order valence-corrected chi connectivity index (χ0v) is 12.2. The minimum absolute atomic E-state index is 0.235.